The highest BCUT2D eigenvalue weighted by Crippen LogP contribution is 2.26. The van der Waals surface area contributed by atoms with Gasteiger partial charge >= 0.3 is 0 Å². The second-order valence-corrected chi connectivity index (χ2v) is 10.8. The first-order valence-electron chi connectivity index (χ1n) is 8.52. The van der Waals surface area contributed by atoms with Crippen molar-refractivity contribution >= 4 is 39.1 Å². The normalized spacial score (nSPS) is 13.1. The van der Waals surface area contributed by atoms with Crippen molar-refractivity contribution in [3.63, 3.8) is 0 Å². The molecule has 0 radical (unpaired) electrons. The average Bonchev–Trinajstić information content (AvgIpc) is 2.54. The molecule has 0 aliphatic rings. The number of rotatable bonds is 9. The first-order chi connectivity index (χ1) is 12.4. The summed E-state index contributed by atoms with van der Waals surface area (Å²) >= 11 is 1.69. The number of non-ortho nitro benzene ring substituents is 1. The van der Waals surface area contributed by atoms with Crippen LogP contribution in [0.1, 0.15) is 34.1 Å². The molecule has 0 aliphatic carbocycles. The number of carbonyl (C=O) groups excluding carboxylic acids is 1. The summed E-state index contributed by atoms with van der Waals surface area (Å²) in [4.78, 5) is 23.0. The maximum atomic E-state index is 12.6. The first-order valence-corrected chi connectivity index (χ1v) is 11.4. The Balaban J connectivity index is 3.05. The summed E-state index contributed by atoms with van der Waals surface area (Å²) in [5, 5.41) is 13.8. The molecule has 10 heteroatoms. The van der Waals surface area contributed by atoms with E-state index in [0.717, 1.165) is 16.6 Å². The Kier molecular flexibility index (Phi) is 8.09. The molecule has 1 atom stereocenters. The van der Waals surface area contributed by atoms with Gasteiger partial charge in [-0.25, -0.2) is 8.42 Å². The Hall–Kier alpha value is -1.81. The third-order valence-corrected chi connectivity index (χ3v) is 6.02. The number of hydrogen-bond donors (Lipinski definition) is 1. The molecule has 1 amide bonds. The largest absolute Gasteiger partial charge is 0.353 e. The van der Waals surface area contributed by atoms with Crippen molar-refractivity contribution in [3.05, 3.63) is 34.4 Å². The Morgan fingerprint density at radius 2 is 2.00 bits per heavy atom. The van der Waals surface area contributed by atoms with Gasteiger partial charge in [-0.15, -0.1) is 0 Å². The maximum Gasteiger partial charge on any atom is 0.271 e. The van der Waals surface area contributed by atoms with Crippen molar-refractivity contribution in [2.45, 2.75) is 44.9 Å². The number of thioether (sulfide) groups is 1. The van der Waals surface area contributed by atoms with Crippen LogP contribution in [0.15, 0.2) is 24.3 Å². The zero-order valence-electron chi connectivity index (χ0n) is 16.3. The number of nitro groups is 1. The summed E-state index contributed by atoms with van der Waals surface area (Å²) in [5.74, 6) is 0.269. The van der Waals surface area contributed by atoms with Crippen molar-refractivity contribution in [1.29, 1.82) is 0 Å². The molecule has 1 unspecified atom stereocenters. The Labute approximate surface area is 164 Å². The van der Waals surface area contributed by atoms with Crippen LogP contribution in [0.2, 0.25) is 0 Å². The number of amides is 1. The maximum absolute atomic E-state index is 12.6. The molecular formula is C17H27N3O5S2. The Bertz CT molecular complexity index is 775. The fourth-order valence-corrected chi connectivity index (χ4v) is 4.47. The van der Waals surface area contributed by atoms with Crippen molar-refractivity contribution in [2.24, 2.45) is 0 Å². The van der Waals surface area contributed by atoms with Crippen molar-refractivity contribution in [1.82, 2.24) is 5.32 Å². The molecule has 0 aliphatic heterocycles. The quantitative estimate of drug-likeness (QED) is 0.376. The zero-order chi connectivity index (χ0) is 20.8. The third kappa shape index (κ3) is 7.37. The van der Waals surface area contributed by atoms with Gasteiger partial charge in [-0.3, -0.25) is 19.2 Å². The molecule has 1 N–H and O–H groups in total. The van der Waals surface area contributed by atoms with Crippen molar-refractivity contribution < 1.29 is 18.1 Å². The van der Waals surface area contributed by atoms with E-state index in [1.54, 1.807) is 18.7 Å². The molecule has 1 aromatic rings. The Morgan fingerprint density at radius 3 is 2.48 bits per heavy atom. The summed E-state index contributed by atoms with van der Waals surface area (Å²) in [6.07, 6.45) is 1.21. The number of nitrogens with one attached hydrogen (secondary N) is 1. The van der Waals surface area contributed by atoms with E-state index < -0.39 is 26.9 Å². The second-order valence-electron chi connectivity index (χ2n) is 7.01. The number of sulfonamides is 1. The predicted octanol–water partition coefficient (Wildman–Crippen LogP) is 2.79. The number of hydrogen-bond acceptors (Lipinski definition) is 6. The van der Waals surface area contributed by atoms with Gasteiger partial charge in [-0.2, -0.15) is 11.8 Å². The highest BCUT2D eigenvalue weighted by Gasteiger charge is 2.32. The van der Waals surface area contributed by atoms with Crippen LogP contribution >= 0.6 is 11.8 Å². The van der Waals surface area contributed by atoms with E-state index in [2.05, 4.69) is 26.1 Å². The number of carbonyl (C=O) groups is 1. The second kappa shape index (κ2) is 9.41. The van der Waals surface area contributed by atoms with Gasteiger partial charge in [0.1, 0.15) is 6.04 Å². The van der Waals surface area contributed by atoms with Crippen molar-refractivity contribution in [2.75, 3.05) is 22.9 Å². The highest BCUT2D eigenvalue weighted by atomic mass is 32.2. The van der Waals surface area contributed by atoms with E-state index in [4.69, 9.17) is 0 Å². The van der Waals surface area contributed by atoms with E-state index in [0.29, 0.717) is 12.3 Å². The fraction of sp³-hybridized carbons (Fsp3) is 0.588. The van der Waals surface area contributed by atoms with Crippen LogP contribution in [0.5, 0.6) is 0 Å². The zero-order valence-corrected chi connectivity index (χ0v) is 17.9. The minimum atomic E-state index is -3.83. The minimum Gasteiger partial charge on any atom is -0.353 e. The molecule has 0 saturated heterocycles. The molecule has 0 saturated carbocycles. The van der Waals surface area contributed by atoms with E-state index in [1.165, 1.54) is 18.2 Å². The van der Waals surface area contributed by atoms with E-state index in [9.17, 15) is 23.3 Å². The van der Waals surface area contributed by atoms with Crippen LogP contribution in [-0.2, 0) is 14.8 Å². The third-order valence-electron chi connectivity index (χ3n) is 3.56. The average molecular weight is 418 g/mol. The standard InChI is InChI=1S/C17H27N3O5S2/c1-6-15(16(21)18-10-11-26-17(2,3)4)19(27(5,24)25)13-8-7-9-14(12-13)20(22)23/h7-9,12,15H,6,10-11H2,1-5H3,(H,18,21). The van der Waals surface area contributed by atoms with Crippen LogP contribution in [-0.4, -0.2) is 48.6 Å². The molecule has 8 nitrogen and oxygen atoms in total. The first kappa shape index (κ1) is 23.2. The molecule has 0 spiro atoms. The van der Waals surface area contributed by atoms with Gasteiger partial charge in [0.15, 0.2) is 0 Å². The summed E-state index contributed by atoms with van der Waals surface area (Å²) in [7, 11) is -3.83. The number of benzene rings is 1. The molecule has 0 aromatic heterocycles. The van der Waals surface area contributed by atoms with Crippen LogP contribution in [0.25, 0.3) is 0 Å². The summed E-state index contributed by atoms with van der Waals surface area (Å²) in [6, 6.07) is 4.29. The number of anilines is 1. The molecule has 0 bridgehead atoms. The van der Waals surface area contributed by atoms with Gasteiger partial charge in [0.05, 0.1) is 16.9 Å². The number of nitro benzene ring substituents is 1. The predicted molar refractivity (Wildman–Crippen MR) is 110 cm³/mol. The van der Waals surface area contributed by atoms with Crippen molar-refractivity contribution in [3.8, 4) is 0 Å². The van der Waals surface area contributed by atoms with E-state index >= 15 is 0 Å². The van der Waals surface area contributed by atoms with E-state index in [1.807, 2.05) is 0 Å². The fourth-order valence-electron chi connectivity index (χ4n) is 2.45. The highest BCUT2D eigenvalue weighted by molar-refractivity contribution is 8.00. The van der Waals surface area contributed by atoms with Gasteiger partial charge < -0.3 is 5.32 Å². The summed E-state index contributed by atoms with van der Waals surface area (Å²) in [6.45, 7) is 8.32. The molecule has 0 fully saturated rings. The molecule has 0 heterocycles. The lowest BCUT2D eigenvalue weighted by molar-refractivity contribution is -0.384. The molecule has 152 valence electrons. The van der Waals surface area contributed by atoms with Crippen LogP contribution in [0.4, 0.5) is 11.4 Å². The number of nitrogens with zero attached hydrogens (tertiary/aromatic N) is 2. The van der Waals surface area contributed by atoms with Crippen LogP contribution in [0.3, 0.4) is 0 Å². The monoisotopic (exact) mass is 417 g/mol. The summed E-state index contributed by atoms with van der Waals surface area (Å²) < 4.78 is 25.7. The smallest absolute Gasteiger partial charge is 0.271 e. The summed E-state index contributed by atoms with van der Waals surface area (Å²) in [5.41, 5.74) is -0.143. The van der Waals surface area contributed by atoms with Gasteiger partial charge in [0.2, 0.25) is 15.9 Å². The van der Waals surface area contributed by atoms with Gasteiger partial charge in [0.25, 0.3) is 5.69 Å². The lowest BCUT2D eigenvalue weighted by Crippen LogP contribution is -2.49. The molecule has 1 aromatic carbocycles. The molecular weight excluding hydrogens is 390 g/mol. The molecule has 1 rings (SSSR count). The van der Waals surface area contributed by atoms with Gasteiger partial charge in [-0.05, 0) is 12.5 Å². The van der Waals surface area contributed by atoms with Crippen LogP contribution in [0, 0.1) is 10.1 Å². The van der Waals surface area contributed by atoms with Crippen LogP contribution < -0.4 is 9.62 Å². The van der Waals surface area contributed by atoms with Gasteiger partial charge in [0, 0.05) is 29.2 Å². The lowest BCUT2D eigenvalue weighted by atomic mass is 10.2. The van der Waals surface area contributed by atoms with E-state index in [-0.39, 0.29) is 22.5 Å². The Morgan fingerprint density at radius 1 is 1.37 bits per heavy atom. The molecule has 27 heavy (non-hydrogen) atoms. The topological polar surface area (TPSA) is 110 Å². The van der Waals surface area contributed by atoms with Gasteiger partial charge in [-0.1, -0.05) is 33.8 Å². The lowest BCUT2D eigenvalue weighted by Gasteiger charge is -2.30. The SMILES string of the molecule is CCC(C(=O)NCCSC(C)(C)C)N(c1cccc([N+](=O)[O-])c1)S(C)(=O)=O. The minimum absolute atomic E-state index is 0.0661.